The van der Waals surface area contributed by atoms with Crippen molar-refractivity contribution in [3.05, 3.63) is 59.7 Å². The van der Waals surface area contributed by atoms with E-state index in [1.807, 2.05) is 37.3 Å². The Morgan fingerprint density at radius 1 is 1.05 bits per heavy atom. The number of ether oxygens (including phenoxy) is 2. The monoisotopic (exact) mass is 299 g/mol. The molecule has 0 aliphatic carbocycles. The van der Waals surface area contributed by atoms with E-state index >= 15 is 0 Å². The molecule has 116 valence electrons. The molecule has 0 aliphatic heterocycles. The molecule has 22 heavy (non-hydrogen) atoms. The molecule has 0 aliphatic rings. The van der Waals surface area contributed by atoms with Gasteiger partial charge in [0.2, 0.25) is 0 Å². The number of carbonyl (C=O) groups is 1. The van der Waals surface area contributed by atoms with Crippen LogP contribution in [-0.4, -0.2) is 20.1 Å². The van der Waals surface area contributed by atoms with Crippen LogP contribution in [0.4, 0.5) is 0 Å². The van der Waals surface area contributed by atoms with Gasteiger partial charge in [-0.2, -0.15) is 0 Å². The minimum absolute atomic E-state index is 0.0374. The summed E-state index contributed by atoms with van der Waals surface area (Å²) in [4.78, 5) is 12.6. The van der Waals surface area contributed by atoms with E-state index in [0.717, 1.165) is 12.0 Å². The summed E-state index contributed by atoms with van der Waals surface area (Å²) in [6, 6.07) is 15.2. The van der Waals surface area contributed by atoms with Gasteiger partial charge in [0.15, 0.2) is 11.5 Å². The van der Waals surface area contributed by atoms with Crippen molar-refractivity contribution in [2.24, 2.45) is 0 Å². The number of para-hydroxylation sites is 1. The maximum absolute atomic E-state index is 12.6. The van der Waals surface area contributed by atoms with Crippen LogP contribution in [0.5, 0.6) is 11.5 Å². The van der Waals surface area contributed by atoms with Crippen LogP contribution in [0, 0.1) is 0 Å². The van der Waals surface area contributed by atoms with Gasteiger partial charge in [-0.15, -0.1) is 0 Å². The largest absolute Gasteiger partial charge is 0.493 e. The van der Waals surface area contributed by atoms with Crippen molar-refractivity contribution in [1.29, 1.82) is 0 Å². The van der Waals surface area contributed by atoms with Gasteiger partial charge in [0.05, 0.1) is 25.8 Å². The normalized spacial score (nSPS) is 11.6. The van der Waals surface area contributed by atoms with Crippen molar-refractivity contribution in [2.75, 3.05) is 14.2 Å². The molecule has 2 aromatic carbocycles. The second kappa shape index (κ2) is 7.50. The lowest BCUT2D eigenvalue weighted by molar-refractivity contribution is 0.0932. The third-order valence-corrected chi connectivity index (χ3v) is 3.56. The van der Waals surface area contributed by atoms with Gasteiger partial charge in [0.1, 0.15) is 0 Å². The fourth-order valence-electron chi connectivity index (χ4n) is 2.41. The standard InChI is InChI=1S/C18H21NO3/c1-4-15(13-9-6-5-7-10-13)19-18(20)14-11-8-12-16(21-2)17(14)22-3/h5-12,15H,4H2,1-3H3,(H,19,20). The maximum atomic E-state index is 12.6. The molecule has 4 heteroatoms. The summed E-state index contributed by atoms with van der Waals surface area (Å²) in [5, 5.41) is 3.05. The topological polar surface area (TPSA) is 47.6 Å². The number of hydrogen-bond donors (Lipinski definition) is 1. The van der Waals surface area contributed by atoms with E-state index in [0.29, 0.717) is 17.1 Å². The van der Waals surface area contributed by atoms with Crippen LogP contribution >= 0.6 is 0 Å². The minimum atomic E-state index is -0.175. The van der Waals surface area contributed by atoms with Crippen LogP contribution in [0.25, 0.3) is 0 Å². The predicted molar refractivity (Wildman–Crippen MR) is 86.5 cm³/mol. The molecule has 1 atom stereocenters. The molecule has 0 saturated heterocycles. The number of hydrogen-bond acceptors (Lipinski definition) is 3. The Hall–Kier alpha value is -2.49. The van der Waals surface area contributed by atoms with Gasteiger partial charge in [-0.1, -0.05) is 43.3 Å². The molecule has 0 heterocycles. The molecular formula is C18H21NO3. The molecule has 1 amide bonds. The number of benzene rings is 2. The second-order valence-electron chi connectivity index (χ2n) is 4.89. The highest BCUT2D eigenvalue weighted by Crippen LogP contribution is 2.31. The van der Waals surface area contributed by atoms with Crippen molar-refractivity contribution in [2.45, 2.75) is 19.4 Å². The quantitative estimate of drug-likeness (QED) is 0.887. The third kappa shape index (κ3) is 3.39. The van der Waals surface area contributed by atoms with E-state index in [-0.39, 0.29) is 11.9 Å². The van der Waals surface area contributed by atoms with Gasteiger partial charge in [0.25, 0.3) is 5.91 Å². The SMILES string of the molecule is CCC(NC(=O)c1cccc(OC)c1OC)c1ccccc1. The number of amides is 1. The molecule has 2 aromatic rings. The summed E-state index contributed by atoms with van der Waals surface area (Å²) in [5.74, 6) is 0.819. The van der Waals surface area contributed by atoms with Crippen LogP contribution in [0.1, 0.15) is 35.3 Å². The molecular weight excluding hydrogens is 278 g/mol. The van der Waals surface area contributed by atoms with Crippen molar-refractivity contribution >= 4 is 5.91 Å². The lowest BCUT2D eigenvalue weighted by atomic mass is 10.0. The van der Waals surface area contributed by atoms with E-state index in [9.17, 15) is 4.79 Å². The molecule has 1 unspecified atom stereocenters. The Labute approximate surface area is 131 Å². The summed E-state index contributed by atoms with van der Waals surface area (Å²) in [6.07, 6.45) is 0.808. The number of methoxy groups -OCH3 is 2. The van der Waals surface area contributed by atoms with Gasteiger partial charge >= 0.3 is 0 Å². The molecule has 4 nitrogen and oxygen atoms in total. The average Bonchev–Trinajstić information content (AvgIpc) is 2.59. The summed E-state index contributed by atoms with van der Waals surface area (Å²) in [7, 11) is 3.08. The Balaban J connectivity index is 2.25. The molecule has 2 rings (SSSR count). The van der Waals surface area contributed by atoms with Crippen LogP contribution in [0.3, 0.4) is 0 Å². The lowest BCUT2D eigenvalue weighted by Gasteiger charge is -2.19. The van der Waals surface area contributed by atoms with Crippen LogP contribution in [0.15, 0.2) is 48.5 Å². The zero-order valence-electron chi connectivity index (χ0n) is 13.1. The molecule has 0 radical (unpaired) electrons. The Morgan fingerprint density at radius 2 is 1.77 bits per heavy atom. The summed E-state index contributed by atoms with van der Waals surface area (Å²) in [6.45, 7) is 2.04. The lowest BCUT2D eigenvalue weighted by Crippen LogP contribution is -2.28. The summed E-state index contributed by atoms with van der Waals surface area (Å²) < 4.78 is 10.6. The number of carbonyl (C=O) groups excluding carboxylic acids is 1. The maximum Gasteiger partial charge on any atom is 0.255 e. The van der Waals surface area contributed by atoms with Gasteiger partial charge in [-0.05, 0) is 24.1 Å². The second-order valence-corrected chi connectivity index (χ2v) is 4.89. The van der Waals surface area contributed by atoms with Crippen LogP contribution in [-0.2, 0) is 0 Å². The Morgan fingerprint density at radius 3 is 2.36 bits per heavy atom. The Bertz CT molecular complexity index is 625. The summed E-state index contributed by atoms with van der Waals surface area (Å²) in [5.41, 5.74) is 1.55. The number of nitrogens with one attached hydrogen (secondary N) is 1. The first-order valence-corrected chi connectivity index (χ1v) is 7.28. The van der Waals surface area contributed by atoms with Crippen molar-refractivity contribution in [1.82, 2.24) is 5.32 Å². The smallest absolute Gasteiger partial charge is 0.255 e. The molecule has 1 N–H and O–H groups in total. The van der Waals surface area contributed by atoms with Gasteiger partial charge < -0.3 is 14.8 Å². The molecule has 0 bridgehead atoms. The highest BCUT2D eigenvalue weighted by atomic mass is 16.5. The van der Waals surface area contributed by atoms with Crippen LogP contribution < -0.4 is 14.8 Å². The van der Waals surface area contributed by atoms with Gasteiger partial charge in [-0.25, -0.2) is 0 Å². The fourth-order valence-corrected chi connectivity index (χ4v) is 2.41. The molecule has 0 saturated carbocycles. The number of rotatable bonds is 6. The highest BCUT2D eigenvalue weighted by Gasteiger charge is 2.19. The first kappa shape index (κ1) is 15.9. The zero-order valence-corrected chi connectivity index (χ0v) is 13.1. The van der Waals surface area contributed by atoms with E-state index < -0.39 is 0 Å². The minimum Gasteiger partial charge on any atom is -0.493 e. The van der Waals surface area contributed by atoms with E-state index in [1.165, 1.54) is 7.11 Å². The van der Waals surface area contributed by atoms with E-state index in [4.69, 9.17) is 9.47 Å². The molecule has 0 fully saturated rings. The highest BCUT2D eigenvalue weighted by molar-refractivity contribution is 5.98. The van der Waals surface area contributed by atoms with Crippen molar-refractivity contribution < 1.29 is 14.3 Å². The molecule has 0 spiro atoms. The van der Waals surface area contributed by atoms with E-state index in [1.54, 1.807) is 25.3 Å². The average molecular weight is 299 g/mol. The van der Waals surface area contributed by atoms with Gasteiger partial charge in [0, 0.05) is 0 Å². The van der Waals surface area contributed by atoms with Crippen LogP contribution in [0.2, 0.25) is 0 Å². The Kier molecular flexibility index (Phi) is 5.42. The fraction of sp³-hybridized carbons (Fsp3) is 0.278. The molecule has 0 aromatic heterocycles. The first-order valence-electron chi connectivity index (χ1n) is 7.28. The first-order chi connectivity index (χ1) is 10.7. The zero-order chi connectivity index (χ0) is 15.9. The van der Waals surface area contributed by atoms with Crippen molar-refractivity contribution in [3.8, 4) is 11.5 Å². The van der Waals surface area contributed by atoms with Gasteiger partial charge in [-0.3, -0.25) is 4.79 Å². The predicted octanol–water partition coefficient (Wildman–Crippen LogP) is 3.58. The van der Waals surface area contributed by atoms with E-state index in [2.05, 4.69) is 5.32 Å². The van der Waals surface area contributed by atoms with Crippen molar-refractivity contribution in [3.63, 3.8) is 0 Å². The third-order valence-electron chi connectivity index (χ3n) is 3.56. The summed E-state index contributed by atoms with van der Waals surface area (Å²) >= 11 is 0.